The predicted molar refractivity (Wildman–Crippen MR) is 135 cm³/mol. The van der Waals surface area contributed by atoms with Crippen LogP contribution in [0.2, 0.25) is 0 Å². The lowest BCUT2D eigenvalue weighted by Gasteiger charge is -2.25. The zero-order valence-corrected chi connectivity index (χ0v) is 19.5. The van der Waals surface area contributed by atoms with E-state index in [4.69, 9.17) is 4.98 Å². The molecule has 3 aromatic rings. The van der Waals surface area contributed by atoms with Crippen LogP contribution in [0.25, 0.3) is 23.3 Å². The van der Waals surface area contributed by atoms with Gasteiger partial charge in [0.15, 0.2) is 4.34 Å². The number of carbonyl (C=O) groups is 1. The van der Waals surface area contributed by atoms with Gasteiger partial charge in [0.25, 0.3) is 0 Å². The van der Waals surface area contributed by atoms with Crippen LogP contribution in [0, 0.1) is 0 Å². The van der Waals surface area contributed by atoms with Crippen LogP contribution in [-0.2, 0) is 10.2 Å². The lowest BCUT2D eigenvalue weighted by molar-refractivity contribution is -0.111. The fourth-order valence-electron chi connectivity index (χ4n) is 4.46. The Morgan fingerprint density at radius 3 is 2.32 bits per heavy atom. The Hall–Kier alpha value is -2.43. The van der Waals surface area contributed by atoms with E-state index in [-0.39, 0.29) is 0 Å². The highest BCUT2D eigenvalue weighted by Crippen LogP contribution is 2.50. The number of carbonyl (C=O) groups excluding carboxylic acids is 1. The predicted octanol–water partition coefficient (Wildman–Crippen LogP) is 7.64. The van der Waals surface area contributed by atoms with E-state index in [1.54, 1.807) is 11.3 Å². The van der Waals surface area contributed by atoms with Crippen LogP contribution in [0.1, 0.15) is 54.3 Å². The van der Waals surface area contributed by atoms with Gasteiger partial charge in [-0.05, 0) is 54.2 Å². The van der Waals surface area contributed by atoms with E-state index in [0.717, 1.165) is 57.5 Å². The van der Waals surface area contributed by atoms with E-state index in [1.807, 2.05) is 49.0 Å². The average Bonchev–Trinajstić information content (AvgIpc) is 3.33. The van der Waals surface area contributed by atoms with E-state index in [0.29, 0.717) is 0 Å². The summed E-state index contributed by atoms with van der Waals surface area (Å²) in [5, 5.41) is 0. The first-order valence-corrected chi connectivity index (χ1v) is 12.6. The molecule has 2 nitrogen and oxygen atoms in total. The van der Waals surface area contributed by atoms with Crippen LogP contribution in [-0.4, -0.2) is 17.0 Å². The number of rotatable bonds is 10. The van der Waals surface area contributed by atoms with Crippen LogP contribution in [0.15, 0.2) is 65.5 Å². The fourth-order valence-corrected chi connectivity index (χ4v) is 6.54. The van der Waals surface area contributed by atoms with Crippen molar-refractivity contribution in [3.05, 3.63) is 82.9 Å². The highest BCUT2D eigenvalue weighted by molar-refractivity contribution is 8.01. The van der Waals surface area contributed by atoms with E-state index in [1.165, 1.54) is 17.4 Å². The molecule has 0 atom stereocenters. The molecule has 1 aliphatic rings. The van der Waals surface area contributed by atoms with Gasteiger partial charge in [-0.15, -0.1) is 11.3 Å². The van der Waals surface area contributed by atoms with Gasteiger partial charge in [0.2, 0.25) is 0 Å². The molecular weight excluding hydrogens is 418 g/mol. The number of aromatic nitrogens is 1. The summed E-state index contributed by atoms with van der Waals surface area (Å²) in [4.78, 5) is 18.3. The summed E-state index contributed by atoms with van der Waals surface area (Å²) in [7, 11) is 0. The minimum Gasteiger partial charge on any atom is -0.302 e. The Morgan fingerprint density at radius 2 is 1.71 bits per heavy atom. The number of fused-ring (bicyclic) bond motifs is 3. The molecule has 4 rings (SSSR count). The number of aldehydes is 1. The molecule has 1 aliphatic carbocycles. The second-order valence-electron chi connectivity index (χ2n) is 7.77. The average molecular weight is 446 g/mol. The van der Waals surface area contributed by atoms with Crippen LogP contribution >= 0.6 is 23.1 Å². The largest absolute Gasteiger partial charge is 0.302 e. The van der Waals surface area contributed by atoms with Crippen molar-refractivity contribution in [2.24, 2.45) is 0 Å². The third-order valence-electron chi connectivity index (χ3n) is 5.92. The molecule has 1 aromatic heterocycles. The van der Waals surface area contributed by atoms with E-state index < -0.39 is 5.41 Å². The summed E-state index contributed by atoms with van der Waals surface area (Å²) in [6, 6.07) is 16.8. The Labute approximate surface area is 193 Å². The molecule has 0 amide bonds. The number of thioether (sulfide) groups is 1. The molecule has 158 valence electrons. The van der Waals surface area contributed by atoms with Gasteiger partial charge in [-0.3, -0.25) is 0 Å². The van der Waals surface area contributed by atoms with Gasteiger partial charge in [-0.1, -0.05) is 85.8 Å². The molecule has 0 N–H and O–H groups in total. The van der Waals surface area contributed by atoms with Gasteiger partial charge in [0.1, 0.15) is 6.29 Å². The number of benzene rings is 2. The van der Waals surface area contributed by atoms with Gasteiger partial charge in [0.05, 0.1) is 16.0 Å². The summed E-state index contributed by atoms with van der Waals surface area (Å²) in [5.41, 5.74) is 5.25. The fraction of sp³-hybridized carbons (Fsp3) is 0.259. The van der Waals surface area contributed by atoms with E-state index in [2.05, 4.69) is 43.0 Å². The number of nitrogens with zero attached hydrogens (tertiary/aromatic N) is 1. The van der Waals surface area contributed by atoms with Crippen LogP contribution in [0.4, 0.5) is 0 Å². The van der Waals surface area contributed by atoms with Gasteiger partial charge in [-0.2, -0.15) is 0 Å². The first kappa shape index (κ1) is 21.8. The van der Waals surface area contributed by atoms with Crippen molar-refractivity contribution in [3.8, 4) is 11.1 Å². The monoisotopic (exact) mass is 445 g/mol. The zero-order valence-electron chi connectivity index (χ0n) is 17.8. The van der Waals surface area contributed by atoms with Crippen molar-refractivity contribution < 1.29 is 4.79 Å². The van der Waals surface area contributed by atoms with Crippen molar-refractivity contribution in [2.45, 2.75) is 42.4 Å². The van der Waals surface area contributed by atoms with Gasteiger partial charge in [0, 0.05) is 5.75 Å². The zero-order chi connectivity index (χ0) is 21.7. The SMILES string of the molecule is C=Cc1sc(SCCCCCC2(C=O)c3ccccc3-c3ccccc32)nc1/C=C\C. The van der Waals surface area contributed by atoms with Gasteiger partial charge >= 0.3 is 0 Å². The molecule has 0 radical (unpaired) electrons. The lowest BCUT2D eigenvalue weighted by Crippen LogP contribution is -2.27. The maximum Gasteiger partial charge on any atom is 0.151 e. The van der Waals surface area contributed by atoms with Crippen molar-refractivity contribution in [1.29, 1.82) is 0 Å². The first-order chi connectivity index (χ1) is 15.2. The van der Waals surface area contributed by atoms with E-state index in [9.17, 15) is 4.79 Å². The summed E-state index contributed by atoms with van der Waals surface area (Å²) in [6.07, 6.45) is 11.2. The van der Waals surface area contributed by atoms with E-state index >= 15 is 0 Å². The molecule has 0 fully saturated rings. The molecule has 4 heteroatoms. The number of hydrogen-bond donors (Lipinski definition) is 0. The van der Waals surface area contributed by atoms with Gasteiger partial charge in [-0.25, -0.2) is 4.98 Å². The normalized spacial score (nSPS) is 13.8. The second kappa shape index (κ2) is 9.80. The Kier molecular flexibility index (Phi) is 6.89. The number of allylic oxidation sites excluding steroid dienone is 1. The molecular formula is C27H27NOS2. The Bertz CT molecular complexity index is 1070. The second-order valence-corrected chi connectivity index (χ2v) is 10.1. The first-order valence-electron chi connectivity index (χ1n) is 10.8. The third-order valence-corrected chi connectivity index (χ3v) is 8.22. The highest BCUT2D eigenvalue weighted by atomic mass is 32.2. The maximum atomic E-state index is 12.5. The number of unbranched alkanes of at least 4 members (excludes halogenated alkanes) is 2. The number of thiazole rings is 1. The lowest BCUT2D eigenvalue weighted by atomic mass is 9.75. The van der Waals surface area contributed by atoms with Crippen LogP contribution in [0.3, 0.4) is 0 Å². The quantitative estimate of drug-likeness (QED) is 0.182. The third kappa shape index (κ3) is 4.19. The molecule has 0 spiro atoms. The molecule has 0 saturated heterocycles. The molecule has 0 bridgehead atoms. The van der Waals surface area contributed by atoms with Crippen molar-refractivity contribution >= 4 is 41.5 Å². The maximum absolute atomic E-state index is 12.5. The van der Waals surface area contributed by atoms with Crippen molar-refractivity contribution in [2.75, 3.05) is 5.75 Å². The summed E-state index contributed by atoms with van der Waals surface area (Å²) >= 11 is 3.52. The van der Waals surface area contributed by atoms with Crippen molar-refractivity contribution in [3.63, 3.8) is 0 Å². The van der Waals surface area contributed by atoms with Crippen LogP contribution in [0.5, 0.6) is 0 Å². The molecule has 0 aliphatic heterocycles. The smallest absolute Gasteiger partial charge is 0.151 e. The molecule has 31 heavy (non-hydrogen) atoms. The standard InChI is InChI=1S/C27H27NOS2/c1-3-12-24-25(4-2)31-26(28-24)30-18-11-5-10-17-27(19-29)22-15-8-6-13-20(22)21-14-7-9-16-23(21)27/h3-4,6-9,12-16,19H,2,5,10-11,17-18H2,1H3/b12-3-. The Morgan fingerprint density at radius 1 is 1.03 bits per heavy atom. The molecule has 2 aromatic carbocycles. The molecule has 1 heterocycles. The Balaban J connectivity index is 1.36. The minimum atomic E-state index is -0.504. The topological polar surface area (TPSA) is 30.0 Å². The minimum absolute atomic E-state index is 0.504. The summed E-state index contributed by atoms with van der Waals surface area (Å²) < 4.78 is 1.10. The highest BCUT2D eigenvalue weighted by Gasteiger charge is 2.42. The van der Waals surface area contributed by atoms with Crippen LogP contribution < -0.4 is 0 Å². The van der Waals surface area contributed by atoms with Gasteiger partial charge < -0.3 is 4.79 Å². The summed E-state index contributed by atoms with van der Waals surface area (Å²) in [5.74, 6) is 1.04. The van der Waals surface area contributed by atoms with Crippen molar-refractivity contribution in [1.82, 2.24) is 4.98 Å². The number of hydrogen-bond acceptors (Lipinski definition) is 4. The molecule has 0 unspecified atom stereocenters. The molecule has 0 saturated carbocycles. The summed E-state index contributed by atoms with van der Waals surface area (Å²) in [6.45, 7) is 5.90.